The number of hydrogen-bond acceptors (Lipinski definition) is 4. The Hall–Kier alpha value is -3.29. The summed E-state index contributed by atoms with van der Waals surface area (Å²) in [5.41, 5.74) is 0.937. The maximum absolute atomic E-state index is 13.4. The molecule has 138 valence electrons. The van der Waals surface area contributed by atoms with Crippen molar-refractivity contribution in [3.05, 3.63) is 65.2 Å². The minimum atomic E-state index is -1.09. The number of nitrogens with one attached hydrogen (secondary N) is 1. The first-order valence-corrected chi connectivity index (χ1v) is 8.32. The second-order valence-corrected chi connectivity index (χ2v) is 6.32. The molecule has 4 rings (SSSR count). The smallest absolute Gasteiger partial charge is 0.340 e. The number of amides is 2. The van der Waals surface area contributed by atoms with Crippen LogP contribution in [0.3, 0.4) is 0 Å². The highest BCUT2D eigenvalue weighted by Gasteiger charge is 2.46. The lowest BCUT2D eigenvalue weighted by molar-refractivity contribution is -0.144. The lowest BCUT2D eigenvalue weighted by atomic mass is 10.1. The number of ether oxygens (including phenoxy) is 1. The number of carbonyl (C=O) groups is 3. The van der Waals surface area contributed by atoms with E-state index in [9.17, 15) is 23.2 Å². The zero-order valence-electron chi connectivity index (χ0n) is 13.9. The van der Waals surface area contributed by atoms with Crippen molar-refractivity contribution in [3.8, 4) is 0 Å². The standard InChI is InChI=1S/C19H14F2N2O4/c20-13-6-5-10(9-14(13)21)22-17(25)15-7-8-16(24)23(15)18-11-3-1-2-4-12(11)19(26)27-18/h1-6,9,15,18H,7-8H2,(H,22,25)/t15-,18-/m0/s1. The molecule has 2 aliphatic rings. The van der Waals surface area contributed by atoms with E-state index in [1.165, 1.54) is 11.0 Å². The van der Waals surface area contributed by atoms with Gasteiger partial charge in [-0.3, -0.25) is 14.5 Å². The van der Waals surface area contributed by atoms with Crippen LogP contribution < -0.4 is 5.32 Å². The molecule has 1 fully saturated rings. The summed E-state index contributed by atoms with van der Waals surface area (Å²) in [5, 5.41) is 2.48. The summed E-state index contributed by atoms with van der Waals surface area (Å²) < 4.78 is 31.7. The fourth-order valence-corrected chi connectivity index (χ4v) is 3.39. The molecule has 1 N–H and O–H groups in total. The number of esters is 1. The zero-order valence-corrected chi connectivity index (χ0v) is 13.9. The molecule has 8 heteroatoms. The van der Waals surface area contributed by atoms with E-state index in [-0.39, 0.29) is 24.4 Å². The largest absolute Gasteiger partial charge is 0.433 e. The van der Waals surface area contributed by atoms with E-state index >= 15 is 0 Å². The van der Waals surface area contributed by atoms with Gasteiger partial charge in [-0.2, -0.15) is 0 Å². The number of benzene rings is 2. The molecule has 0 aliphatic carbocycles. The summed E-state index contributed by atoms with van der Waals surface area (Å²) in [6.45, 7) is 0. The minimum absolute atomic E-state index is 0.0713. The van der Waals surface area contributed by atoms with Crippen molar-refractivity contribution in [2.24, 2.45) is 0 Å². The summed E-state index contributed by atoms with van der Waals surface area (Å²) >= 11 is 0. The van der Waals surface area contributed by atoms with Gasteiger partial charge in [0.2, 0.25) is 18.0 Å². The molecule has 2 heterocycles. The first kappa shape index (κ1) is 17.1. The van der Waals surface area contributed by atoms with Gasteiger partial charge in [0.05, 0.1) is 5.56 Å². The summed E-state index contributed by atoms with van der Waals surface area (Å²) in [6, 6.07) is 8.75. The second-order valence-electron chi connectivity index (χ2n) is 6.32. The van der Waals surface area contributed by atoms with Crippen LogP contribution in [0.15, 0.2) is 42.5 Å². The first-order chi connectivity index (χ1) is 13.0. The van der Waals surface area contributed by atoms with Crippen LogP contribution in [0.25, 0.3) is 0 Å². The molecule has 2 atom stereocenters. The van der Waals surface area contributed by atoms with Crippen molar-refractivity contribution in [2.75, 3.05) is 5.32 Å². The van der Waals surface area contributed by atoms with Gasteiger partial charge in [-0.1, -0.05) is 18.2 Å². The fraction of sp³-hybridized carbons (Fsp3) is 0.211. The first-order valence-electron chi connectivity index (χ1n) is 8.32. The second kappa shape index (κ2) is 6.46. The van der Waals surface area contributed by atoms with Gasteiger partial charge in [-0.05, 0) is 24.6 Å². The maximum Gasteiger partial charge on any atom is 0.340 e. The quantitative estimate of drug-likeness (QED) is 0.841. The van der Waals surface area contributed by atoms with Crippen LogP contribution in [0.2, 0.25) is 0 Å². The summed E-state index contributed by atoms with van der Waals surface area (Å²) in [5.74, 6) is -3.57. The van der Waals surface area contributed by atoms with Crippen LogP contribution >= 0.6 is 0 Å². The van der Waals surface area contributed by atoms with Gasteiger partial charge in [-0.25, -0.2) is 13.6 Å². The van der Waals surface area contributed by atoms with Crippen molar-refractivity contribution in [3.63, 3.8) is 0 Å². The highest BCUT2D eigenvalue weighted by molar-refractivity contribution is 6.00. The van der Waals surface area contributed by atoms with Crippen LogP contribution in [-0.2, 0) is 14.3 Å². The van der Waals surface area contributed by atoms with Gasteiger partial charge in [0.25, 0.3) is 0 Å². The molecule has 27 heavy (non-hydrogen) atoms. The predicted octanol–water partition coefficient (Wildman–Crippen LogP) is 2.76. The molecule has 2 aliphatic heterocycles. The molecule has 0 spiro atoms. The molecule has 0 bridgehead atoms. The fourth-order valence-electron chi connectivity index (χ4n) is 3.39. The molecular weight excluding hydrogens is 358 g/mol. The van der Waals surface area contributed by atoms with Gasteiger partial charge >= 0.3 is 5.97 Å². The van der Waals surface area contributed by atoms with Crippen molar-refractivity contribution in [1.29, 1.82) is 0 Å². The van der Waals surface area contributed by atoms with Crippen molar-refractivity contribution in [2.45, 2.75) is 25.1 Å². The Labute approximate surface area is 152 Å². The normalized spacial score (nSPS) is 21.2. The number of likely N-dealkylation sites (tertiary alicyclic amines) is 1. The predicted molar refractivity (Wildman–Crippen MR) is 89.5 cm³/mol. The Bertz CT molecular complexity index is 962. The number of anilines is 1. The van der Waals surface area contributed by atoms with E-state index in [1.807, 2.05) is 0 Å². The van der Waals surface area contributed by atoms with E-state index in [4.69, 9.17) is 4.74 Å². The van der Waals surface area contributed by atoms with Crippen LogP contribution in [0, 0.1) is 11.6 Å². The number of nitrogens with zero attached hydrogens (tertiary/aromatic N) is 1. The maximum atomic E-state index is 13.4. The number of rotatable bonds is 3. The van der Waals surface area contributed by atoms with E-state index in [0.717, 1.165) is 12.1 Å². The average molecular weight is 372 g/mol. The molecule has 0 aromatic heterocycles. The number of hydrogen-bond donors (Lipinski definition) is 1. The molecule has 0 radical (unpaired) electrons. The highest BCUT2D eigenvalue weighted by Crippen LogP contribution is 2.38. The molecule has 0 unspecified atom stereocenters. The molecule has 6 nitrogen and oxygen atoms in total. The van der Waals surface area contributed by atoms with Gasteiger partial charge < -0.3 is 10.1 Å². The van der Waals surface area contributed by atoms with Crippen molar-refractivity contribution >= 4 is 23.5 Å². The molecule has 2 aromatic rings. The van der Waals surface area contributed by atoms with Gasteiger partial charge in [-0.15, -0.1) is 0 Å². The van der Waals surface area contributed by atoms with Crippen LogP contribution in [-0.4, -0.2) is 28.7 Å². The zero-order chi connectivity index (χ0) is 19.1. The number of carbonyl (C=O) groups excluding carboxylic acids is 3. The summed E-state index contributed by atoms with van der Waals surface area (Å²) in [4.78, 5) is 38.3. The summed E-state index contributed by atoms with van der Waals surface area (Å²) in [6.07, 6.45) is -0.638. The van der Waals surface area contributed by atoms with E-state index in [0.29, 0.717) is 11.1 Å². The average Bonchev–Trinajstić information content (AvgIpc) is 3.19. The third-order valence-electron chi connectivity index (χ3n) is 4.66. The van der Waals surface area contributed by atoms with Crippen molar-refractivity contribution in [1.82, 2.24) is 4.90 Å². The van der Waals surface area contributed by atoms with Crippen LogP contribution in [0.1, 0.15) is 35.0 Å². The molecule has 2 amide bonds. The topological polar surface area (TPSA) is 75.7 Å². The number of cyclic esters (lactones) is 1. The van der Waals surface area contributed by atoms with Gasteiger partial charge in [0, 0.05) is 23.7 Å². The van der Waals surface area contributed by atoms with Crippen LogP contribution in [0.5, 0.6) is 0 Å². The Morgan fingerprint density at radius 2 is 1.89 bits per heavy atom. The van der Waals surface area contributed by atoms with Crippen LogP contribution in [0.4, 0.5) is 14.5 Å². The Balaban J connectivity index is 1.59. The lowest BCUT2D eigenvalue weighted by Gasteiger charge is -2.29. The van der Waals surface area contributed by atoms with E-state index < -0.39 is 35.8 Å². The van der Waals surface area contributed by atoms with Crippen molar-refractivity contribution < 1.29 is 27.9 Å². The third kappa shape index (κ3) is 2.92. The number of halogens is 2. The molecule has 0 saturated carbocycles. The lowest BCUT2D eigenvalue weighted by Crippen LogP contribution is -2.43. The van der Waals surface area contributed by atoms with Gasteiger partial charge in [0.1, 0.15) is 6.04 Å². The monoisotopic (exact) mass is 372 g/mol. The Kier molecular flexibility index (Phi) is 4.10. The molecule has 2 aromatic carbocycles. The van der Waals surface area contributed by atoms with E-state index in [2.05, 4.69) is 5.32 Å². The summed E-state index contributed by atoms with van der Waals surface area (Å²) in [7, 11) is 0. The Morgan fingerprint density at radius 3 is 2.67 bits per heavy atom. The Morgan fingerprint density at radius 1 is 1.11 bits per heavy atom. The molecule has 1 saturated heterocycles. The highest BCUT2D eigenvalue weighted by atomic mass is 19.2. The molecular formula is C19H14F2N2O4. The number of fused-ring (bicyclic) bond motifs is 1. The van der Waals surface area contributed by atoms with Gasteiger partial charge in [0.15, 0.2) is 11.6 Å². The SMILES string of the molecule is O=C1O[C@H](N2C(=O)CC[C@H]2C(=O)Nc2ccc(F)c(F)c2)c2ccccc21. The van der Waals surface area contributed by atoms with E-state index in [1.54, 1.807) is 24.3 Å². The third-order valence-corrected chi connectivity index (χ3v) is 4.66. The minimum Gasteiger partial charge on any atom is -0.433 e.